The summed E-state index contributed by atoms with van der Waals surface area (Å²) in [5.74, 6) is -2.31. The number of benzene rings is 1. The molecule has 3 rings (SSSR count). The molecule has 0 saturated carbocycles. The lowest BCUT2D eigenvalue weighted by atomic mass is 9.62. The zero-order valence-corrected chi connectivity index (χ0v) is 13.5. The highest BCUT2D eigenvalue weighted by atomic mass is 79.9. The van der Waals surface area contributed by atoms with Crippen molar-refractivity contribution in [2.45, 2.75) is 31.3 Å². The lowest BCUT2D eigenvalue weighted by Gasteiger charge is -2.57. The topological polar surface area (TPSA) is 63.2 Å². The van der Waals surface area contributed by atoms with Gasteiger partial charge >= 0.3 is 0 Å². The van der Waals surface area contributed by atoms with Crippen molar-refractivity contribution in [3.8, 4) is 0 Å². The van der Waals surface area contributed by atoms with Crippen LogP contribution in [0.25, 0.3) is 0 Å². The van der Waals surface area contributed by atoms with Crippen molar-refractivity contribution in [1.82, 2.24) is 5.32 Å². The van der Waals surface area contributed by atoms with Crippen LogP contribution in [0.4, 0.5) is 0 Å². The van der Waals surface area contributed by atoms with Crippen LogP contribution >= 0.6 is 15.9 Å². The third-order valence-electron chi connectivity index (χ3n) is 4.46. The molecule has 1 aliphatic carbocycles. The molecule has 1 fully saturated rings. The van der Waals surface area contributed by atoms with Crippen molar-refractivity contribution >= 4 is 33.3 Å². The van der Waals surface area contributed by atoms with E-state index in [0.717, 1.165) is 5.33 Å². The van der Waals surface area contributed by atoms with Gasteiger partial charge in [-0.2, -0.15) is 0 Å². The van der Waals surface area contributed by atoms with E-state index in [9.17, 15) is 14.4 Å². The maximum atomic E-state index is 12.7. The maximum absolute atomic E-state index is 12.7. The van der Waals surface area contributed by atoms with Crippen molar-refractivity contribution in [3.05, 3.63) is 35.4 Å². The van der Waals surface area contributed by atoms with Gasteiger partial charge in [-0.3, -0.25) is 14.4 Å². The molecular formula is C16H16BrNO3. The molecule has 2 aliphatic rings. The number of fused-ring (bicyclic) bond motifs is 1. The number of rotatable bonds is 2. The second-order valence-corrected chi connectivity index (χ2v) is 7.01. The highest BCUT2D eigenvalue weighted by molar-refractivity contribution is 9.09. The van der Waals surface area contributed by atoms with Crippen LogP contribution in [0, 0.1) is 5.92 Å². The Bertz CT molecular complexity index is 661. The monoisotopic (exact) mass is 349 g/mol. The van der Waals surface area contributed by atoms with Crippen molar-refractivity contribution in [2.75, 3.05) is 5.33 Å². The second kappa shape index (κ2) is 4.58. The standard InChI is InChI=1S/C16H16BrNO3/c1-15(8-17)7-16(2,18-15)11-12(19)9-5-3-4-6-10(9)13(20)14(11)21/h3-6,11,18H,7-8H2,1-2H3. The van der Waals surface area contributed by atoms with Gasteiger partial charge in [0.25, 0.3) is 0 Å². The summed E-state index contributed by atoms with van der Waals surface area (Å²) in [7, 11) is 0. The number of hydrogen-bond acceptors (Lipinski definition) is 4. The molecule has 0 radical (unpaired) electrons. The Labute approximate surface area is 131 Å². The number of halogens is 1. The predicted octanol–water partition coefficient (Wildman–Crippen LogP) is 2.16. The summed E-state index contributed by atoms with van der Waals surface area (Å²) < 4.78 is 0. The van der Waals surface area contributed by atoms with Crippen LogP contribution in [0.2, 0.25) is 0 Å². The van der Waals surface area contributed by atoms with E-state index < -0.39 is 23.0 Å². The number of nitrogens with one attached hydrogen (secondary N) is 1. The van der Waals surface area contributed by atoms with Crippen molar-refractivity contribution in [2.24, 2.45) is 5.92 Å². The van der Waals surface area contributed by atoms with Crippen LogP contribution in [0.1, 0.15) is 41.0 Å². The fourth-order valence-corrected chi connectivity index (χ4v) is 4.09. The van der Waals surface area contributed by atoms with Crippen LogP contribution < -0.4 is 5.32 Å². The zero-order chi connectivity index (χ0) is 15.4. The molecule has 3 unspecified atom stereocenters. The van der Waals surface area contributed by atoms with Gasteiger partial charge in [-0.1, -0.05) is 40.2 Å². The minimum absolute atomic E-state index is 0.144. The minimum atomic E-state index is -0.924. The minimum Gasteiger partial charge on any atom is -0.304 e. The third kappa shape index (κ3) is 2.02. The molecular weight excluding hydrogens is 334 g/mol. The number of carbonyl (C=O) groups is 3. The first-order valence-corrected chi connectivity index (χ1v) is 8.01. The first kappa shape index (κ1) is 14.6. The van der Waals surface area contributed by atoms with Gasteiger partial charge in [0.1, 0.15) is 5.92 Å². The molecule has 21 heavy (non-hydrogen) atoms. The van der Waals surface area contributed by atoms with Crippen LogP contribution in [0.3, 0.4) is 0 Å². The number of hydrogen-bond donors (Lipinski definition) is 1. The molecule has 3 atom stereocenters. The first-order chi connectivity index (χ1) is 9.81. The molecule has 1 heterocycles. The van der Waals surface area contributed by atoms with Gasteiger partial charge in [-0.05, 0) is 20.3 Å². The molecule has 0 aromatic heterocycles. The van der Waals surface area contributed by atoms with E-state index in [4.69, 9.17) is 0 Å². The molecule has 1 aromatic carbocycles. The van der Waals surface area contributed by atoms with Crippen LogP contribution in [-0.4, -0.2) is 33.8 Å². The Kier molecular flexibility index (Phi) is 3.19. The first-order valence-electron chi connectivity index (χ1n) is 6.88. The Hall–Kier alpha value is -1.33. The lowest BCUT2D eigenvalue weighted by Crippen LogP contribution is -2.75. The highest BCUT2D eigenvalue weighted by Gasteiger charge is 2.58. The van der Waals surface area contributed by atoms with E-state index in [0.29, 0.717) is 12.0 Å². The summed E-state index contributed by atoms with van der Waals surface area (Å²) in [6.45, 7) is 3.87. The quantitative estimate of drug-likeness (QED) is 0.504. The molecule has 0 spiro atoms. The van der Waals surface area contributed by atoms with Gasteiger partial charge in [-0.15, -0.1) is 0 Å². The zero-order valence-electron chi connectivity index (χ0n) is 11.9. The fourth-order valence-electron chi connectivity index (χ4n) is 3.75. The second-order valence-electron chi connectivity index (χ2n) is 6.45. The van der Waals surface area contributed by atoms with Crippen LogP contribution in [0.15, 0.2) is 24.3 Å². The summed E-state index contributed by atoms with van der Waals surface area (Å²) in [5.41, 5.74) is -0.202. The SMILES string of the molecule is CC1(CBr)CC(C)(C2C(=O)C(=O)c3ccccc3C2=O)N1. The number of alkyl halides is 1. The van der Waals surface area contributed by atoms with Crippen LogP contribution in [-0.2, 0) is 4.79 Å². The summed E-state index contributed by atoms with van der Waals surface area (Å²) >= 11 is 3.43. The largest absolute Gasteiger partial charge is 0.304 e. The summed E-state index contributed by atoms with van der Waals surface area (Å²) in [6, 6.07) is 6.56. The lowest BCUT2D eigenvalue weighted by molar-refractivity contribution is -0.122. The Morgan fingerprint density at radius 3 is 2.29 bits per heavy atom. The van der Waals surface area contributed by atoms with Crippen molar-refractivity contribution in [3.63, 3.8) is 0 Å². The van der Waals surface area contributed by atoms with Gasteiger partial charge in [-0.25, -0.2) is 0 Å². The number of Topliss-reactive ketones (excluding diaryl/α,β-unsaturated/α-hetero) is 3. The summed E-state index contributed by atoms with van der Waals surface area (Å²) in [6.07, 6.45) is 0.669. The highest BCUT2D eigenvalue weighted by Crippen LogP contribution is 2.43. The molecule has 0 bridgehead atoms. The molecule has 1 aliphatic heterocycles. The molecule has 0 amide bonds. The van der Waals surface area contributed by atoms with Gasteiger partial charge in [0, 0.05) is 27.5 Å². The Balaban J connectivity index is 2.01. The molecule has 4 nitrogen and oxygen atoms in total. The summed E-state index contributed by atoms with van der Waals surface area (Å²) in [5, 5.41) is 4.05. The molecule has 1 aromatic rings. The average molecular weight is 350 g/mol. The predicted molar refractivity (Wildman–Crippen MR) is 82.0 cm³/mol. The van der Waals surface area contributed by atoms with E-state index >= 15 is 0 Å². The molecule has 110 valence electrons. The van der Waals surface area contributed by atoms with E-state index in [1.54, 1.807) is 24.3 Å². The molecule has 1 N–H and O–H groups in total. The van der Waals surface area contributed by atoms with E-state index in [1.807, 2.05) is 13.8 Å². The smallest absolute Gasteiger partial charge is 0.230 e. The fraction of sp³-hybridized carbons (Fsp3) is 0.438. The molecule has 5 heteroatoms. The van der Waals surface area contributed by atoms with E-state index in [-0.39, 0.29) is 16.9 Å². The van der Waals surface area contributed by atoms with Gasteiger partial charge in [0.2, 0.25) is 11.6 Å². The van der Waals surface area contributed by atoms with Crippen molar-refractivity contribution in [1.29, 1.82) is 0 Å². The Morgan fingerprint density at radius 2 is 1.71 bits per heavy atom. The number of carbonyl (C=O) groups excluding carboxylic acids is 3. The van der Waals surface area contributed by atoms with E-state index in [2.05, 4.69) is 21.2 Å². The van der Waals surface area contributed by atoms with Gasteiger partial charge in [0.05, 0.1) is 0 Å². The molecule has 1 saturated heterocycles. The van der Waals surface area contributed by atoms with Crippen molar-refractivity contribution < 1.29 is 14.4 Å². The number of ketones is 3. The maximum Gasteiger partial charge on any atom is 0.230 e. The van der Waals surface area contributed by atoms with E-state index in [1.165, 1.54) is 0 Å². The third-order valence-corrected chi connectivity index (χ3v) is 5.70. The van der Waals surface area contributed by atoms with Gasteiger partial charge < -0.3 is 5.32 Å². The van der Waals surface area contributed by atoms with Gasteiger partial charge in [0.15, 0.2) is 5.78 Å². The average Bonchev–Trinajstić information content (AvgIpc) is 2.43. The Morgan fingerprint density at radius 1 is 1.14 bits per heavy atom. The summed E-state index contributed by atoms with van der Waals surface area (Å²) in [4.78, 5) is 37.4. The van der Waals surface area contributed by atoms with Crippen LogP contribution in [0.5, 0.6) is 0 Å². The normalized spacial score (nSPS) is 35.4.